The van der Waals surface area contributed by atoms with Crippen molar-refractivity contribution in [2.45, 2.75) is 50.9 Å². The fourth-order valence-corrected chi connectivity index (χ4v) is 7.23. The van der Waals surface area contributed by atoms with Crippen LogP contribution in [0.25, 0.3) is 48.1 Å². The Hall–Kier alpha value is -6.62. The summed E-state index contributed by atoms with van der Waals surface area (Å²) in [7, 11) is 1.36. The van der Waals surface area contributed by atoms with Gasteiger partial charge in [0.1, 0.15) is 23.0 Å². The molecule has 0 amide bonds. The van der Waals surface area contributed by atoms with Crippen LogP contribution in [0.4, 0.5) is 0 Å². The fraction of sp³-hybridized carbons (Fsp3) is 0.282. The Morgan fingerprint density at radius 2 is 1.19 bits per heavy atom. The summed E-state index contributed by atoms with van der Waals surface area (Å²) in [5, 5.41) is 8.28. The van der Waals surface area contributed by atoms with E-state index in [0.717, 1.165) is 38.9 Å². The zero-order valence-corrected chi connectivity index (χ0v) is 29.1. The standard InChI is InChI=1S/C39H34N8O6/c1-23-3-11-27(12-4-23)52-28-13-5-24(6-14-28)39(21-42-44-40,22-43-45-41)25-7-15-29(16-8-25)53-30-17-9-26(10-18-30)47-37(50)33-19-31-32(20-34(33)38(47)51)36(49)46(2)35(31)48/h3,5-7,9,11,13-15,17,19-20H,4,8,10,12,16,18,21-22H2,1-2H3. The van der Waals surface area contributed by atoms with Gasteiger partial charge in [-0.2, -0.15) is 0 Å². The molecule has 3 aliphatic carbocycles. The second kappa shape index (κ2) is 14.2. The van der Waals surface area contributed by atoms with Gasteiger partial charge < -0.3 is 9.47 Å². The second-order valence-corrected chi connectivity index (χ2v) is 13.4. The first-order valence-electron chi connectivity index (χ1n) is 17.2. The van der Waals surface area contributed by atoms with Crippen molar-refractivity contribution in [3.8, 4) is 5.75 Å². The van der Waals surface area contributed by atoms with Crippen LogP contribution in [0.1, 0.15) is 51.0 Å². The molecular weight excluding hydrogens is 676 g/mol. The maximum absolute atomic E-state index is 13.4. The lowest BCUT2D eigenvalue weighted by Gasteiger charge is -2.36. The lowest BCUT2D eigenvalue weighted by Crippen LogP contribution is -2.36. The Morgan fingerprint density at radius 1 is 0.660 bits per heavy atom. The number of fused-ring (bicyclic) bond motifs is 2. The summed E-state index contributed by atoms with van der Waals surface area (Å²) in [5.41, 5.74) is 19.1. The highest BCUT2D eigenvalue weighted by Gasteiger charge is 2.36. The molecule has 14 heteroatoms. The van der Waals surface area contributed by atoms with Crippen LogP contribution in [0.5, 0.6) is 5.75 Å². The first-order valence-corrected chi connectivity index (χ1v) is 17.2. The molecule has 266 valence electrons. The number of ether oxygens (including phenoxy) is 2. The normalized spacial score (nSPS) is 16.9. The Bertz CT molecular complexity index is 2590. The number of hydrogen-bond donors (Lipinski definition) is 0. The molecule has 0 unspecified atom stereocenters. The number of azide groups is 2. The molecule has 14 nitrogen and oxygen atoms in total. The molecule has 53 heavy (non-hydrogen) atoms. The summed E-state index contributed by atoms with van der Waals surface area (Å²) in [6, 6.07) is 10.2. The van der Waals surface area contributed by atoms with Crippen LogP contribution < -0.4 is 27.0 Å². The summed E-state index contributed by atoms with van der Waals surface area (Å²) in [5.74, 6) is 2.90. The van der Waals surface area contributed by atoms with Crippen LogP contribution >= 0.6 is 0 Å². The van der Waals surface area contributed by atoms with E-state index in [1.165, 1.54) is 24.8 Å². The molecule has 2 aromatic carbocycles. The van der Waals surface area contributed by atoms with Crippen LogP contribution in [0.2, 0.25) is 0 Å². The largest absolute Gasteiger partial charge is 0.466 e. The lowest BCUT2D eigenvalue weighted by atomic mass is 9.71. The van der Waals surface area contributed by atoms with Crippen LogP contribution in [0.3, 0.4) is 0 Å². The summed E-state index contributed by atoms with van der Waals surface area (Å²) >= 11 is 0. The molecule has 2 heterocycles. The Balaban J connectivity index is 1.13. The lowest BCUT2D eigenvalue weighted by molar-refractivity contribution is 0.273. The van der Waals surface area contributed by atoms with Gasteiger partial charge in [0.15, 0.2) is 0 Å². The van der Waals surface area contributed by atoms with Crippen LogP contribution in [0.15, 0.2) is 131 Å². The van der Waals surface area contributed by atoms with Gasteiger partial charge >= 0.3 is 0 Å². The number of rotatable bonds is 11. The number of allylic oxidation sites excluding steroid dienone is 11. The number of hydrogen-bond acceptors (Lipinski definition) is 8. The van der Waals surface area contributed by atoms with E-state index in [0.29, 0.717) is 48.6 Å². The van der Waals surface area contributed by atoms with Crippen molar-refractivity contribution in [3.63, 3.8) is 0 Å². The zero-order chi connectivity index (χ0) is 37.3. The van der Waals surface area contributed by atoms with Gasteiger partial charge in [0.05, 0.1) is 21.5 Å². The minimum absolute atomic E-state index is 0.0383. The first-order chi connectivity index (χ1) is 25.6. The van der Waals surface area contributed by atoms with Gasteiger partial charge in [0.25, 0.3) is 22.2 Å². The molecule has 0 fully saturated rings. The molecule has 0 atom stereocenters. The highest BCUT2D eigenvalue weighted by atomic mass is 16.5. The highest BCUT2D eigenvalue weighted by molar-refractivity contribution is 5.98. The van der Waals surface area contributed by atoms with E-state index in [1.54, 1.807) is 12.2 Å². The smallest absolute Gasteiger partial charge is 0.265 e. The quantitative estimate of drug-likeness (QED) is 0.0900. The van der Waals surface area contributed by atoms with Crippen LogP contribution in [-0.4, -0.2) is 22.2 Å². The summed E-state index contributed by atoms with van der Waals surface area (Å²) in [6.45, 7) is 2.16. The third-order valence-corrected chi connectivity index (χ3v) is 10.2. The van der Waals surface area contributed by atoms with E-state index in [4.69, 9.17) is 9.47 Å². The number of benzene rings is 2. The Kier molecular flexibility index (Phi) is 9.32. The predicted octanol–water partition coefficient (Wildman–Crippen LogP) is 7.15. The topological polar surface area (TPSA) is 194 Å². The molecule has 0 radical (unpaired) electrons. The van der Waals surface area contributed by atoms with E-state index in [-0.39, 0.29) is 34.6 Å². The third kappa shape index (κ3) is 6.41. The Morgan fingerprint density at radius 3 is 1.70 bits per heavy atom. The average Bonchev–Trinajstić information content (AvgIpc) is 3.55. The van der Waals surface area contributed by atoms with Crippen LogP contribution in [0, 0.1) is 0 Å². The van der Waals surface area contributed by atoms with Gasteiger partial charge in [-0.25, -0.2) is 4.57 Å². The molecule has 0 aliphatic heterocycles. The summed E-state index contributed by atoms with van der Waals surface area (Å²) < 4.78 is 14.4. The van der Waals surface area contributed by atoms with E-state index in [9.17, 15) is 30.2 Å². The molecule has 2 aromatic heterocycles. The maximum Gasteiger partial charge on any atom is 0.265 e. The second-order valence-electron chi connectivity index (χ2n) is 13.4. The zero-order valence-electron chi connectivity index (χ0n) is 29.1. The molecule has 4 aromatic rings. The highest BCUT2D eigenvalue weighted by Crippen LogP contribution is 2.40. The third-order valence-electron chi connectivity index (χ3n) is 10.2. The van der Waals surface area contributed by atoms with Crippen molar-refractivity contribution in [3.05, 3.63) is 169 Å². The van der Waals surface area contributed by atoms with Gasteiger partial charge in [0, 0.05) is 60.3 Å². The van der Waals surface area contributed by atoms with Crippen molar-refractivity contribution in [2.24, 2.45) is 17.3 Å². The minimum atomic E-state index is -0.895. The molecule has 0 N–H and O–H groups in total. The van der Waals surface area contributed by atoms with Crippen molar-refractivity contribution in [1.29, 1.82) is 0 Å². The predicted molar refractivity (Wildman–Crippen MR) is 202 cm³/mol. The molecule has 3 aliphatic rings. The van der Waals surface area contributed by atoms with E-state index in [2.05, 4.69) is 33.1 Å². The van der Waals surface area contributed by atoms with Crippen molar-refractivity contribution < 1.29 is 9.47 Å². The molecular formula is C39H34N8O6. The van der Waals surface area contributed by atoms with Gasteiger partial charge in [-0.3, -0.25) is 23.7 Å². The van der Waals surface area contributed by atoms with E-state index in [1.807, 2.05) is 42.5 Å². The molecule has 7 rings (SSSR count). The molecule has 0 saturated heterocycles. The minimum Gasteiger partial charge on any atom is -0.466 e. The molecule has 0 saturated carbocycles. The van der Waals surface area contributed by atoms with Gasteiger partial charge in [-0.15, -0.1) is 0 Å². The van der Waals surface area contributed by atoms with Gasteiger partial charge in [0.2, 0.25) is 0 Å². The SMILES string of the molecule is CC1=CC=C(Oc2ccc(C(CN=[N+]=[N-])(CN=[N+]=[N-])C3=CC=C(OC4=CC=C(n5c(=O)c6cc7c(=O)n(C)c(=O)c7cc6c5=O)CC4)CC3)cc2)CC1. The average molecular weight is 711 g/mol. The number of aromatic nitrogens is 2. The molecule has 0 spiro atoms. The van der Waals surface area contributed by atoms with Gasteiger partial charge in [-0.1, -0.05) is 45.7 Å². The van der Waals surface area contributed by atoms with E-state index >= 15 is 0 Å². The fourth-order valence-electron chi connectivity index (χ4n) is 7.23. The number of nitrogens with zero attached hydrogens (tertiary/aromatic N) is 8. The van der Waals surface area contributed by atoms with Crippen LogP contribution in [-0.2, 0) is 17.2 Å². The monoisotopic (exact) mass is 710 g/mol. The van der Waals surface area contributed by atoms with Crippen molar-refractivity contribution in [1.82, 2.24) is 9.13 Å². The van der Waals surface area contributed by atoms with Crippen molar-refractivity contribution in [2.75, 3.05) is 13.1 Å². The summed E-state index contributed by atoms with van der Waals surface area (Å²) in [4.78, 5) is 57.7. The van der Waals surface area contributed by atoms with Crippen molar-refractivity contribution >= 4 is 27.2 Å². The summed E-state index contributed by atoms with van der Waals surface area (Å²) in [6.07, 6.45) is 14.8. The van der Waals surface area contributed by atoms with E-state index < -0.39 is 27.7 Å². The first kappa shape index (κ1) is 34.8. The van der Waals surface area contributed by atoms with Gasteiger partial charge in [-0.05, 0) is 91.4 Å². The maximum atomic E-state index is 13.4. The Labute approximate surface area is 301 Å². The molecule has 0 bridgehead atoms.